The molecule has 29 heavy (non-hydrogen) atoms. The van der Waals surface area contributed by atoms with Crippen molar-refractivity contribution >= 4 is 12.3 Å². The molecule has 0 saturated carbocycles. The van der Waals surface area contributed by atoms with Gasteiger partial charge in [0, 0.05) is 12.4 Å². The third-order valence-corrected chi connectivity index (χ3v) is 6.31. The van der Waals surface area contributed by atoms with Crippen LogP contribution >= 0.6 is 0 Å². The first-order chi connectivity index (χ1) is 14.4. The number of benzene rings is 3. The zero-order valence-electron chi connectivity index (χ0n) is 16.8. The SMILES string of the molecule is C1=CNC=c2ccccc2=C1.c1ccc2c(c1)CCc1c-2ccc2c1CCCC2. The molecule has 0 spiro atoms. The number of hydrogen-bond acceptors (Lipinski definition) is 1. The molecule has 0 radical (unpaired) electrons. The summed E-state index contributed by atoms with van der Waals surface area (Å²) < 4.78 is 0. The highest BCUT2D eigenvalue weighted by atomic mass is 14.8. The zero-order valence-corrected chi connectivity index (χ0v) is 16.8. The molecule has 2 aliphatic carbocycles. The summed E-state index contributed by atoms with van der Waals surface area (Å²) in [6.07, 6.45) is 15.8. The Morgan fingerprint density at radius 3 is 2.38 bits per heavy atom. The van der Waals surface area contributed by atoms with Gasteiger partial charge < -0.3 is 5.32 Å². The lowest BCUT2D eigenvalue weighted by atomic mass is 9.78. The van der Waals surface area contributed by atoms with E-state index in [1.807, 2.05) is 30.6 Å². The molecular weight excluding hydrogens is 350 g/mol. The predicted octanol–water partition coefficient (Wildman–Crippen LogP) is 4.65. The lowest BCUT2D eigenvalue weighted by Gasteiger charge is -2.26. The van der Waals surface area contributed by atoms with E-state index >= 15 is 0 Å². The molecule has 0 aromatic heterocycles. The molecule has 0 bridgehead atoms. The van der Waals surface area contributed by atoms with Gasteiger partial charge in [-0.15, -0.1) is 0 Å². The van der Waals surface area contributed by atoms with Crippen LogP contribution in [0.5, 0.6) is 0 Å². The van der Waals surface area contributed by atoms with Gasteiger partial charge in [-0.05, 0) is 88.4 Å². The van der Waals surface area contributed by atoms with Gasteiger partial charge in [0.2, 0.25) is 0 Å². The minimum absolute atomic E-state index is 1.22. The van der Waals surface area contributed by atoms with Crippen molar-refractivity contribution in [3.05, 3.63) is 106 Å². The van der Waals surface area contributed by atoms with E-state index in [1.165, 1.54) is 65.7 Å². The van der Waals surface area contributed by atoms with Crippen molar-refractivity contribution in [2.24, 2.45) is 0 Å². The van der Waals surface area contributed by atoms with Crippen molar-refractivity contribution in [1.29, 1.82) is 0 Å². The van der Waals surface area contributed by atoms with Gasteiger partial charge in [0.25, 0.3) is 0 Å². The molecule has 1 aliphatic heterocycles. The Bertz CT molecular complexity index is 1180. The van der Waals surface area contributed by atoms with Gasteiger partial charge >= 0.3 is 0 Å². The van der Waals surface area contributed by atoms with Crippen LogP contribution in [0.2, 0.25) is 0 Å². The molecule has 6 rings (SSSR count). The molecular formula is C28H27N. The fourth-order valence-corrected chi connectivity index (χ4v) is 4.84. The highest BCUT2D eigenvalue weighted by Gasteiger charge is 2.21. The van der Waals surface area contributed by atoms with E-state index in [2.05, 4.69) is 59.9 Å². The summed E-state index contributed by atoms with van der Waals surface area (Å²) in [5.41, 5.74) is 9.49. The third-order valence-electron chi connectivity index (χ3n) is 6.31. The Hall–Kier alpha value is -3.06. The first kappa shape index (κ1) is 18.0. The first-order valence-corrected chi connectivity index (χ1v) is 10.8. The molecule has 1 nitrogen and oxygen atoms in total. The number of rotatable bonds is 0. The van der Waals surface area contributed by atoms with Crippen molar-refractivity contribution < 1.29 is 0 Å². The van der Waals surface area contributed by atoms with Gasteiger partial charge in [-0.25, -0.2) is 0 Å². The van der Waals surface area contributed by atoms with Crippen molar-refractivity contribution in [3.8, 4) is 11.1 Å². The molecule has 1 heterocycles. The molecule has 0 unspecified atom stereocenters. The van der Waals surface area contributed by atoms with Crippen LogP contribution in [0.3, 0.4) is 0 Å². The second-order valence-electron chi connectivity index (χ2n) is 8.06. The Morgan fingerprint density at radius 1 is 0.586 bits per heavy atom. The molecule has 0 amide bonds. The molecule has 1 heteroatoms. The fourth-order valence-electron chi connectivity index (χ4n) is 4.84. The standard InChI is InChI=1S/C18H18.C10H9N/c1-3-7-15-13(5-1)9-11-18-16-8-4-2-6-14(16)10-12-17(15)18;1-2-5-10-8-11-7-3-6-9(10)4-1/h1,3,5,7,10,12H,2,4,6,8-9,11H2;1-8,11H. The lowest BCUT2D eigenvalue weighted by Crippen LogP contribution is -2.24. The Morgan fingerprint density at radius 2 is 1.41 bits per heavy atom. The second-order valence-corrected chi connectivity index (χ2v) is 8.06. The van der Waals surface area contributed by atoms with Crippen LogP contribution in [0, 0.1) is 0 Å². The summed E-state index contributed by atoms with van der Waals surface area (Å²) in [6.45, 7) is 0. The number of nitrogens with one attached hydrogen (secondary N) is 1. The van der Waals surface area contributed by atoms with E-state index in [-0.39, 0.29) is 0 Å². The quantitative estimate of drug-likeness (QED) is 0.601. The van der Waals surface area contributed by atoms with E-state index in [9.17, 15) is 0 Å². The van der Waals surface area contributed by atoms with Crippen LogP contribution in [0.15, 0.2) is 72.9 Å². The fraction of sp³-hybridized carbons (Fsp3) is 0.214. The van der Waals surface area contributed by atoms with Crippen molar-refractivity contribution in [1.82, 2.24) is 5.32 Å². The first-order valence-electron chi connectivity index (χ1n) is 10.8. The third kappa shape index (κ3) is 3.65. The smallest absolute Gasteiger partial charge is 0.00836 e. The largest absolute Gasteiger partial charge is 0.367 e. The molecule has 0 fully saturated rings. The van der Waals surface area contributed by atoms with Crippen LogP contribution < -0.4 is 15.8 Å². The van der Waals surface area contributed by atoms with Crippen molar-refractivity contribution in [2.75, 3.05) is 0 Å². The highest BCUT2D eigenvalue weighted by Crippen LogP contribution is 2.38. The number of allylic oxidation sites excluding steroid dienone is 1. The van der Waals surface area contributed by atoms with Crippen molar-refractivity contribution in [2.45, 2.75) is 38.5 Å². The number of aryl methyl sites for hydroxylation is 2. The van der Waals surface area contributed by atoms with Gasteiger partial charge in [-0.2, -0.15) is 0 Å². The molecule has 3 aromatic carbocycles. The maximum Gasteiger partial charge on any atom is 0.00836 e. The Balaban J connectivity index is 0.000000142. The summed E-state index contributed by atoms with van der Waals surface area (Å²) in [5.74, 6) is 0. The average Bonchev–Trinajstić information content (AvgIpc) is 3.05. The van der Waals surface area contributed by atoms with Gasteiger partial charge in [0.15, 0.2) is 0 Å². The average molecular weight is 378 g/mol. The number of fused-ring (bicyclic) bond motifs is 6. The summed E-state index contributed by atoms with van der Waals surface area (Å²) in [4.78, 5) is 0. The maximum atomic E-state index is 3.07. The van der Waals surface area contributed by atoms with E-state index in [0.29, 0.717) is 0 Å². The predicted molar refractivity (Wildman–Crippen MR) is 123 cm³/mol. The summed E-state index contributed by atoms with van der Waals surface area (Å²) in [7, 11) is 0. The van der Waals surface area contributed by atoms with Gasteiger partial charge in [0.05, 0.1) is 0 Å². The van der Waals surface area contributed by atoms with Gasteiger partial charge in [0.1, 0.15) is 0 Å². The monoisotopic (exact) mass is 377 g/mol. The van der Waals surface area contributed by atoms with Crippen LogP contribution in [-0.2, 0) is 25.7 Å². The normalized spacial score (nSPS) is 15.4. The molecule has 0 saturated heterocycles. The maximum absolute atomic E-state index is 3.07. The van der Waals surface area contributed by atoms with Crippen molar-refractivity contribution in [3.63, 3.8) is 0 Å². The molecule has 3 aromatic rings. The zero-order chi connectivity index (χ0) is 19.5. The van der Waals surface area contributed by atoms with E-state index in [4.69, 9.17) is 0 Å². The second kappa shape index (κ2) is 8.13. The van der Waals surface area contributed by atoms with Crippen LogP contribution in [0.25, 0.3) is 23.4 Å². The van der Waals surface area contributed by atoms with E-state index in [0.717, 1.165) is 0 Å². The lowest BCUT2D eigenvalue weighted by molar-refractivity contribution is 0.676. The Labute approximate surface area is 173 Å². The summed E-state index contributed by atoms with van der Waals surface area (Å²) >= 11 is 0. The minimum Gasteiger partial charge on any atom is -0.367 e. The van der Waals surface area contributed by atoms with Crippen LogP contribution in [0.4, 0.5) is 0 Å². The molecule has 1 N–H and O–H groups in total. The summed E-state index contributed by atoms with van der Waals surface area (Å²) in [6, 6.07) is 22.0. The van der Waals surface area contributed by atoms with E-state index < -0.39 is 0 Å². The van der Waals surface area contributed by atoms with Gasteiger partial charge in [-0.1, -0.05) is 66.7 Å². The van der Waals surface area contributed by atoms with Crippen LogP contribution in [-0.4, -0.2) is 0 Å². The topological polar surface area (TPSA) is 12.0 Å². The molecule has 3 aliphatic rings. The highest BCUT2D eigenvalue weighted by molar-refractivity contribution is 5.75. The Kier molecular flexibility index (Phi) is 5.04. The molecule has 0 atom stereocenters. The van der Waals surface area contributed by atoms with Gasteiger partial charge in [-0.3, -0.25) is 0 Å². The minimum atomic E-state index is 1.22. The number of hydrogen-bond donors (Lipinski definition) is 1. The van der Waals surface area contributed by atoms with E-state index in [1.54, 1.807) is 16.7 Å². The van der Waals surface area contributed by atoms with Crippen LogP contribution in [0.1, 0.15) is 35.1 Å². The molecule has 144 valence electrons. The summed E-state index contributed by atoms with van der Waals surface area (Å²) in [5, 5.41) is 5.56.